The Morgan fingerprint density at radius 3 is 1.48 bits per heavy atom. The van der Waals surface area contributed by atoms with Crippen molar-refractivity contribution >= 4 is 0 Å². The summed E-state index contributed by atoms with van der Waals surface area (Å²) in [4.78, 5) is 0. The van der Waals surface area contributed by atoms with Crippen molar-refractivity contribution in [3.63, 3.8) is 0 Å². The van der Waals surface area contributed by atoms with Gasteiger partial charge in [-0.3, -0.25) is 0 Å². The number of aliphatic hydroxyl groups excluding tert-OH is 1. The number of unbranched alkanes of at least 4 members (excludes halogenated alkanes) is 12. The van der Waals surface area contributed by atoms with Crippen LogP contribution in [0.5, 0.6) is 0 Å². The van der Waals surface area contributed by atoms with Crippen molar-refractivity contribution < 1.29 is 5.11 Å². The predicted octanol–water partition coefficient (Wildman–Crippen LogP) is 5.47. The van der Waals surface area contributed by atoms with Gasteiger partial charge in [0.05, 0.1) is 0 Å². The molecule has 120 valence electrons. The molecule has 21 heavy (non-hydrogen) atoms. The van der Waals surface area contributed by atoms with Gasteiger partial charge in [-0.2, -0.15) is 0 Å². The van der Waals surface area contributed by atoms with E-state index < -0.39 is 0 Å². The highest BCUT2D eigenvalue weighted by Crippen LogP contribution is 2.10. The molecule has 0 aromatic heterocycles. The molecule has 0 bridgehead atoms. The molecule has 0 unspecified atom stereocenters. The minimum absolute atomic E-state index is 0.270. The summed E-state index contributed by atoms with van der Waals surface area (Å²) in [6, 6.07) is 0. The van der Waals surface area contributed by atoms with Gasteiger partial charge in [0.1, 0.15) is 0 Å². The summed E-state index contributed by atoms with van der Waals surface area (Å²) in [7, 11) is 0. The maximum absolute atomic E-state index is 8.62. The fraction of sp³-hybridized carbons (Fsp3) is 0.800. The zero-order valence-electron chi connectivity index (χ0n) is 14.1. The molecule has 0 aromatic carbocycles. The van der Waals surface area contributed by atoms with Crippen LogP contribution in [0, 0.1) is 23.7 Å². The van der Waals surface area contributed by atoms with E-state index >= 15 is 0 Å². The molecule has 0 aliphatic heterocycles. The lowest BCUT2D eigenvalue weighted by molar-refractivity contribution is 0.285. The molecule has 0 radical (unpaired) electrons. The van der Waals surface area contributed by atoms with E-state index in [1.807, 2.05) is 0 Å². The minimum atomic E-state index is 0.270. The highest BCUT2D eigenvalue weighted by molar-refractivity contribution is 5.25. The largest absolute Gasteiger partial charge is 0.396 e. The summed E-state index contributed by atoms with van der Waals surface area (Å²) in [5.74, 6) is 12.0. The van der Waals surface area contributed by atoms with Crippen LogP contribution in [0.4, 0.5) is 0 Å². The average Bonchev–Trinajstić information content (AvgIpc) is 2.50. The van der Waals surface area contributed by atoms with Crippen molar-refractivity contribution in [3.05, 3.63) is 0 Å². The molecular formula is C20H34O. The van der Waals surface area contributed by atoms with Crippen LogP contribution in [-0.4, -0.2) is 11.7 Å². The number of hydrogen-bond donors (Lipinski definition) is 1. The first-order valence-electron chi connectivity index (χ1n) is 8.98. The highest BCUT2D eigenvalue weighted by atomic mass is 16.2. The first-order chi connectivity index (χ1) is 10.4. The SMILES string of the molecule is CCCCCCCCCCCCC#CC#CCCCCO. The topological polar surface area (TPSA) is 20.2 Å². The van der Waals surface area contributed by atoms with Crippen molar-refractivity contribution in [1.29, 1.82) is 0 Å². The summed E-state index contributed by atoms with van der Waals surface area (Å²) in [5.41, 5.74) is 0. The predicted molar refractivity (Wildman–Crippen MR) is 92.9 cm³/mol. The smallest absolute Gasteiger partial charge is 0.0431 e. The lowest BCUT2D eigenvalue weighted by atomic mass is 10.1. The van der Waals surface area contributed by atoms with E-state index in [0.717, 1.165) is 25.7 Å². The van der Waals surface area contributed by atoms with E-state index in [1.54, 1.807) is 0 Å². The molecule has 0 fully saturated rings. The monoisotopic (exact) mass is 290 g/mol. The standard InChI is InChI=1S/C20H34O/c1-2-3-4-5-6-7-8-9-10-11-12-13-14-15-16-17-18-19-20-21/h21H,2-12,17-20H2,1H3. The average molecular weight is 290 g/mol. The Bertz CT molecular complexity index is 310. The van der Waals surface area contributed by atoms with Crippen LogP contribution in [0.2, 0.25) is 0 Å². The number of aliphatic hydroxyl groups is 1. The summed E-state index contributed by atoms with van der Waals surface area (Å²) in [6.07, 6.45) is 17.4. The first-order valence-corrected chi connectivity index (χ1v) is 8.98. The third-order valence-electron chi connectivity index (χ3n) is 3.60. The maximum atomic E-state index is 8.62. The molecule has 0 spiro atoms. The van der Waals surface area contributed by atoms with Gasteiger partial charge in [-0.25, -0.2) is 0 Å². The fourth-order valence-corrected chi connectivity index (χ4v) is 2.24. The Hall–Kier alpha value is -0.920. The van der Waals surface area contributed by atoms with Gasteiger partial charge in [-0.15, -0.1) is 0 Å². The van der Waals surface area contributed by atoms with Crippen molar-refractivity contribution in [1.82, 2.24) is 0 Å². The zero-order valence-corrected chi connectivity index (χ0v) is 14.1. The molecule has 0 aliphatic carbocycles. The Labute approximate surface area is 132 Å². The molecule has 0 aromatic rings. The van der Waals surface area contributed by atoms with Gasteiger partial charge >= 0.3 is 0 Å². The van der Waals surface area contributed by atoms with E-state index in [9.17, 15) is 0 Å². The second-order valence-electron chi connectivity index (χ2n) is 5.72. The van der Waals surface area contributed by atoms with Crippen LogP contribution >= 0.6 is 0 Å². The van der Waals surface area contributed by atoms with Gasteiger partial charge in [-0.05, 0) is 31.1 Å². The fourth-order valence-electron chi connectivity index (χ4n) is 2.24. The highest BCUT2D eigenvalue weighted by Gasteiger charge is 1.91. The first kappa shape index (κ1) is 20.1. The molecule has 0 rings (SSSR count). The molecule has 0 heterocycles. The summed E-state index contributed by atoms with van der Waals surface area (Å²) in [6.45, 7) is 2.54. The summed E-state index contributed by atoms with van der Waals surface area (Å²) < 4.78 is 0. The van der Waals surface area contributed by atoms with E-state index in [2.05, 4.69) is 30.6 Å². The van der Waals surface area contributed by atoms with Crippen molar-refractivity contribution in [3.8, 4) is 23.7 Å². The Morgan fingerprint density at radius 1 is 0.571 bits per heavy atom. The van der Waals surface area contributed by atoms with Crippen molar-refractivity contribution in [2.45, 2.75) is 96.8 Å². The lowest BCUT2D eigenvalue weighted by Crippen LogP contribution is -1.81. The van der Waals surface area contributed by atoms with Crippen LogP contribution < -0.4 is 0 Å². The van der Waals surface area contributed by atoms with Crippen LogP contribution in [0.25, 0.3) is 0 Å². The Morgan fingerprint density at radius 2 is 1.00 bits per heavy atom. The number of hydrogen-bond acceptors (Lipinski definition) is 1. The number of rotatable bonds is 13. The zero-order chi connectivity index (χ0) is 15.4. The van der Waals surface area contributed by atoms with Crippen molar-refractivity contribution in [2.75, 3.05) is 6.61 Å². The molecule has 0 atom stereocenters. The van der Waals surface area contributed by atoms with Gasteiger partial charge in [0.25, 0.3) is 0 Å². The van der Waals surface area contributed by atoms with Crippen LogP contribution in [0.15, 0.2) is 0 Å². The molecule has 0 saturated heterocycles. The Balaban J connectivity index is 3.18. The second-order valence-corrected chi connectivity index (χ2v) is 5.72. The lowest BCUT2D eigenvalue weighted by Gasteiger charge is -2.00. The van der Waals surface area contributed by atoms with Crippen molar-refractivity contribution in [2.24, 2.45) is 0 Å². The molecular weight excluding hydrogens is 256 g/mol. The van der Waals surface area contributed by atoms with E-state index in [0.29, 0.717) is 0 Å². The molecule has 0 aliphatic rings. The quantitative estimate of drug-likeness (QED) is 0.352. The maximum Gasteiger partial charge on any atom is 0.0431 e. The third kappa shape index (κ3) is 19.1. The van der Waals surface area contributed by atoms with Crippen LogP contribution in [-0.2, 0) is 0 Å². The van der Waals surface area contributed by atoms with E-state index in [1.165, 1.54) is 64.2 Å². The van der Waals surface area contributed by atoms with E-state index in [-0.39, 0.29) is 6.61 Å². The van der Waals surface area contributed by atoms with Gasteiger partial charge in [0.15, 0.2) is 0 Å². The van der Waals surface area contributed by atoms with Gasteiger partial charge < -0.3 is 5.11 Å². The summed E-state index contributed by atoms with van der Waals surface area (Å²) >= 11 is 0. The van der Waals surface area contributed by atoms with Gasteiger partial charge in [-0.1, -0.05) is 76.6 Å². The summed E-state index contributed by atoms with van der Waals surface area (Å²) in [5, 5.41) is 8.62. The van der Waals surface area contributed by atoms with Gasteiger partial charge in [0, 0.05) is 19.4 Å². The molecule has 1 nitrogen and oxygen atoms in total. The molecule has 1 N–H and O–H groups in total. The molecule has 0 amide bonds. The minimum Gasteiger partial charge on any atom is -0.396 e. The van der Waals surface area contributed by atoms with Crippen LogP contribution in [0.1, 0.15) is 96.8 Å². The normalized spacial score (nSPS) is 9.62. The van der Waals surface area contributed by atoms with Gasteiger partial charge in [0.2, 0.25) is 0 Å². The van der Waals surface area contributed by atoms with Crippen LogP contribution in [0.3, 0.4) is 0 Å². The molecule has 0 saturated carbocycles. The van der Waals surface area contributed by atoms with E-state index in [4.69, 9.17) is 5.11 Å². The Kier molecular flexibility index (Phi) is 18.2. The second kappa shape index (κ2) is 19.1. The molecule has 1 heteroatoms. The third-order valence-corrected chi connectivity index (χ3v) is 3.60.